The van der Waals surface area contributed by atoms with Crippen molar-refractivity contribution in [3.8, 4) is 0 Å². The van der Waals surface area contributed by atoms with Crippen molar-refractivity contribution >= 4 is 40.4 Å². The van der Waals surface area contributed by atoms with Gasteiger partial charge in [0.15, 0.2) is 17.4 Å². The maximum Gasteiger partial charge on any atom is 2.00 e. The number of rotatable bonds is 0. The second-order valence-electron chi connectivity index (χ2n) is 0. The molecule has 0 rings (SSSR count). The first-order valence-corrected chi connectivity index (χ1v) is 0. The minimum Gasteiger partial charge on any atom is -1.00 e. The van der Waals surface area contributed by atoms with E-state index in [4.69, 9.17) is 0 Å². The summed E-state index contributed by atoms with van der Waals surface area (Å²) in [4.78, 5) is 0. The van der Waals surface area contributed by atoms with Gasteiger partial charge in [0.05, 0.1) is 0 Å². The van der Waals surface area contributed by atoms with Crippen LogP contribution in [0.5, 0.6) is 0 Å². The first kappa shape index (κ1) is 51.0. The van der Waals surface area contributed by atoms with Crippen LogP contribution in [0.3, 0.4) is 0 Å². The average Bonchev–Trinajstić information content (AvgIpc) is 0. The summed E-state index contributed by atoms with van der Waals surface area (Å²) >= 11 is 0. The van der Waals surface area contributed by atoms with Gasteiger partial charge in [-0.2, -0.15) is 0 Å². The first-order valence-electron chi connectivity index (χ1n) is 0. The molecule has 0 aromatic carbocycles. The van der Waals surface area contributed by atoms with Crippen LogP contribution >= 0.6 is 0 Å². The first-order chi connectivity index (χ1) is 0. The summed E-state index contributed by atoms with van der Waals surface area (Å²) in [5, 5.41) is 0. The van der Waals surface area contributed by atoms with Crippen LogP contribution in [0.2, 0.25) is 0 Å². The van der Waals surface area contributed by atoms with Gasteiger partial charge >= 0.3 is 23.1 Å². The molecule has 43 valence electrons. The molecule has 0 aromatic rings. The van der Waals surface area contributed by atoms with Gasteiger partial charge in [-0.15, -0.1) is 0 Å². The Kier molecular flexibility index (Phi) is 308. The molecule has 0 unspecified atom stereocenters. The zero-order valence-corrected chi connectivity index (χ0v) is 9.66. The Morgan fingerprint density at radius 1 is 1.17 bits per heavy atom. The molecule has 0 spiro atoms. The average molecular weight is 374 g/mol. The SMILES string of the molecule is [Ag].[AlH3].[Cu].[H-].[H-].[Mg+2].[Mn].[Zr]. The van der Waals surface area contributed by atoms with Gasteiger partial charge in [0.1, 0.15) is 0 Å². The van der Waals surface area contributed by atoms with Crippen LogP contribution in [0.4, 0.5) is 0 Å². The second kappa shape index (κ2) is 36.2. The van der Waals surface area contributed by atoms with E-state index in [0.717, 1.165) is 0 Å². The number of hydrogen-bond acceptors (Lipinski definition) is 0. The molecule has 0 aliphatic rings. The Balaban J connectivity index is 0. The quantitative estimate of drug-likeness (QED) is 0.461. The van der Waals surface area contributed by atoms with Gasteiger partial charge in [0.2, 0.25) is 0 Å². The largest absolute Gasteiger partial charge is 2.00 e. The molecule has 0 aromatic heterocycles. The fourth-order valence-corrected chi connectivity index (χ4v) is 0. The zero-order valence-electron chi connectivity index (χ0n) is 4.19. The van der Waals surface area contributed by atoms with Crippen molar-refractivity contribution in [1.29, 1.82) is 0 Å². The summed E-state index contributed by atoms with van der Waals surface area (Å²) in [6.07, 6.45) is 0. The topological polar surface area (TPSA) is 0 Å². The molecule has 6 heavy (non-hydrogen) atoms. The van der Waals surface area contributed by atoms with E-state index in [1.807, 2.05) is 0 Å². The molecule has 0 heterocycles. The molecule has 0 amide bonds. The molecule has 0 aliphatic carbocycles. The fourth-order valence-electron chi connectivity index (χ4n) is 0. The van der Waals surface area contributed by atoms with Crippen molar-refractivity contribution in [3.63, 3.8) is 0 Å². The predicted molar refractivity (Wildman–Crippen MR) is 17.9 cm³/mol. The molecule has 3 radical (unpaired) electrons. The van der Waals surface area contributed by atoms with Gasteiger partial charge < -0.3 is 2.85 Å². The van der Waals surface area contributed by atoms with Crippen LogP contribution in [-0.4, -0.2) is 40.4 Å². The standard InChI is InChI=1S/Ag.Al.Cu.Mg.Mn.Zr.5H/q;;;+2;;;;;;2*-1. The predicted octanol–water partition coefficient (Wildman–Crippen LogP) is -1.35. The van der Waals surface area contributed by atoms with Crippen LogP contribution in [0.25, 0.3) is 0 Å². The third-order valence-electron chi connectivity index (χ3n) is 0. The summed E-state index contributed by atoms with van der Waals surface area (Å²) in [6, 6.07) is 0. The van der Waals surface area contributed by atoms with Crippen LogP contribution in [0, 0.1) is 0 Å². The molecule has 0 saturated heterocycles. The minimum atomic E-state index is 0. The van der Waals surface area contributed by atoms with E-state index < -0.39 is 0 Å². The van der Waals surface area contributed by atoms with Crippen molar-refractivity contribution in [2.75, 3.05) is 0 Å². The molecular formula is H5AgAlCuMgMnZr. The normalized spacial score (nSPS) is 0. The molecule has 0 saturated carbocycles. The second-order valence-corrected chi connectivity index (χ2v) is 0. The van der Waals surface area contributed by atoms with E-state index in [0.29, 0.717) is 0 Å². The maximum absolute atomic E-state index is 0. The fraction of sp³-hybridized carbons (Fsp3) is 0. The summed E-state index contributed by atoms with van der Waals surface area (Å²) in [7, 11) is 0. The molecule has 0 N–H and O–H groups in total. The van der Waals surface area contributed by atoms with Gasteiger partial charge in [-0.05, 0) is 0 Å². The Labute approximate surface area is 124 Å². The van der Waals surface area contributed by atoms with E-state index in [1.165, 1.54) is 0 Å². The van der Waals surface area contributed by atoms with Crippen molar-refractivity contribution in [2.45, 2.75) is 0 Å². The molecule has 0 aliphatic heterocycles. The van der Waals surface area contributed by atoms with E-state index in [-0.39, 0.29) is 126 Å². The molecule has 0 atom stereocenters. The smallest absolute Gasteiger partial charge is 1.00 e. The third kappa shape index (κ3) is 24.6. The molecule has 0 fully saturated rings. The maximum atomic E-state index is 0. The molecule has 0 bridgehead atoms. The van der Waals surface area contributed by atoms with Crippen LogP contribution in [-0.2, 0) is 82.7 Å². The molecule has 6 heteroatoms. The molecule has 0 nitrogen and oxygen atoms in total. The van der Waals surface area contributed by atoms with E-state index in [9.17, 15) is 0 Å². The Hall–Kier alpha value is 3.96. The van der Waals surface area contributed by atoms with Gasteiger partial charge in [0, 0.05) is 82.7 Å². The zero-order chi connectivity index (χ0) is 0. The van der Waals surface area contributed by atoms with Gasteiger partial charge in [-0.3, -0.25) is 0 Å². The van der Waals surface area contributed by atoms with Crippen LogP contribution in [0.1, 0.15) is 2.85 Å². The summed E-state index contributed by atoms with van der Waals surface area (Å²) < 4.78 is 0. The Morgan fingerprint density at radius 3 is 1.17 bits per heavy atom. The third-order valence-corrected chi connectivity index (χ3v) is 0. The Bertz CT molecular complexity index is 22.0. The van der Waals surface area contributed by atoms with Gasteiger partial charge in [-0.25, -0.2) is 0 Å². The summed E-state index contributed by atoms with van der Waals surface area (Å²) in [6.45, 7) is 0. The summed E-state index contributed by atoms with van der Waals surface area (Å²) in [5.41, 5.74) is 0. The van der Waals surface area contributed by atoms with Gasteiger partial charge in [0.25, 0.3) is 0 Å². The van der Waals surface area contributed by atoms with E-state index in [2.05, 4.69) is 0 Å². The van der Waals surface area contributed by atoms with Crippen molar-refractivity contribution in [2.24, 2.45) is 0 Å². The minimum absolute atomic E-state index is 0. The van der Waals surface area contributed by atoms with Crippen LogP contribution < -0.4 is 0 Å². The summed E-state index contributed by atoms with van der Waals surface area (Å²) in [5.74, 6) is 0. The van der Waals surface area contributed by atoms with Crippen molar-refractivity contribution in [3.05, 3.63) is 0 Å². The Morgan fingerprint density at radius 2 is 1.17 bits per heavy atom. The number of hydrogen-bond donors (Lipinski definition) is 0. The van der Waals surface area contributed by atoms with E-state index in [1.54, 1.807) is 0 Å². The van der Waals surface area contributed by atoms with E-state index >= 15 is 0 Å². The molecular weight excluding hydrogens is 369 g/mol. The van der Waals surface area contributed by atoms with Crippen molar-refractivity contribution < 1.29 is 85.6 Å². The van der Waals surface area contributed by atoms with Gasteiger partial charge in [-0.1, -0.05) is 0 Å². The monoisotopic (exact) mass is 371 g/mol. The van der Waals surface area contributed by atoms with Crippen LogP contribution in [0.15, 0.2) is 0 Å². The van der Waals surface area contributed by atoms with Crippen molar-refractivity contribution in [1.82, 2.24) is 0 Å².